The molecule has 0 bridgehead atoms. The number of aromatic nitrogens is 3. The van der Waals surface area contributed by atoms with Crippen molar-refractivity contribution in [3.63, 3.8) is 0 Å². The van der Waals surface area contributed by atoms with Crippen molar-refractivity contribution in [2.24, 2.45) is 7.05 Å². The maximum absolute atomic E-state index is 13.1. The SMILES string of the molecule is Cc1cc(Oc2ncccc2OC(F)F)ccc1-c1c(C)c(=O)n(COCC2=CC=CCC2)c(=O)n1C. The Labute approximate surface area is 212 Å². The van der Waals surface area contributed by atoms with Crippen LogP contribution in [-0.2, 0) is 18.5 Å². The average molecular weight is 512 g/mol. The number of nitrogens with zero attached hydrogens (tertiary/aromatic N) is 3. The van der Waals surface area contributed by atoms with E-state index >= 15 is 0 Å². The Morgan fingerprint density at radius 2 is 1.97 bits per heavy atom. The largest absolute Gasteiger partial charge is 0.436 e. The van der Waals surface area contributed by atoms with Crippen LogP contribution in [-0.4, -0.2) is 27.3 Å². The van der Waals surface area contributed by atoms with Gasteiger partial charge in [0.1, 0.15) is 12.5 Å². The molecule has 2 heterocycles. The molecule has 0 fully saturated rings. The van der Waals surface area contributed by atoms with E-state index in [1.807, 2.05) is 12.2 Å². The number of hydrogen-bond donors (Lipinski definition) is 0. The van der Waals surface area contributed by atoms with Crippen LogP contribution in [0, 0.1) is 13.8 Å². The molecule has 0 unspecified atom stereocenters. The van der Waals surface area contributed by atoms with Gasteiger partial charge in [-0.15, -0.1) is 0 Å². The van der Waals surface area contributed by atoms with Crippen LogP contribution >= 0.6 is 0 Å². The van der Waals surface area contributed by atoms with Crippen LogP contribution in [0.1, 0.15) is 24.0 Å². The molecule has 1 aromatic carbocycles. The van der Waals surface area contributed by atoms with E-state index in [0.29, 0.717) is 34.7 Å². The minimum Gasteiger partial charge on any atom is -0.436 e. The quantitative estimate of drug-likeness (QED) is 0.408. The molecule has 0 radical (unpaired) electrons. The number of ether oxygens (including phenoxy) is 3. The normalized spacial score (nSPS) is 13.1. The predicted octanol–water partition coefficient (Wildman–Crippen LogP) is 4.87. The first-order chi connectivity index (χ1) is 17.8. The molecule has 0 aliphatic heterocycles. The van der Waals surface area contributed by atoms with Gasteiger partial charge in [-0.05, 0) is 68.2 Å². The minimum absolute atomic E-state index is 0.110. The van der Waals surface area contributed by atoms with Gasteiger partial charge in [0.2, 0.25) is 0 Å². The summed E-state index contributed by atoms with van der Waals surface area (Å²) in [5.74, 6) is 0.0241. The Balaban J connectivity index is 1.59. The van der Waals surface area contributed by atoms with Gasteiger partial charge < -0.3 is 14.2 Å². The summed E-state index contributed by atoms with van der Waals surface area (Å²) in [6.45, 7) is 0.637. The average Bonchev–Trinajstić information content (AvgIpc) is 2.88. The first-order valence-corrected chi connectivity index (χ1v) is 11.7. The van der Waals surface area contributed by atoms with Crippen LogP contribution in [0.4, 0.5) is 8.78 Å². The fourth-order valence-electron chi connectivity index (χ4n) is 4.17. The molecule has 10 heteroatoms. The second kappa shape index (κ2) is 11.3. The van der Waals surface area contributed by atoms with E-state index in [-0.39, 0.29) is 18.4 Å². The van der Waals surface area contributed by atoms with E-state index in [4.69, 9.17) is 9.47 Å². The zero-order valence-corrected chi connectivity index (χ0v) is 20.7. The Hall–Kier alpha value is -4.05. The Morgan fingerprint density at radius 3 is 2.68 bits per heavy atom. The summed E-state index contributed by atoms with van der Waals surface area (Å²) >= 11 is 0. The second-order valence-corrected chi connectivity index (χ2v) is 8.58. The molecule has 0 spiro atoms. The van der Waals surface area contributed by atoms with Crippen molar-refractivity contribution in [3.8, 4) is 28.6 Å². The molecule has 3 aromatic rings. The highest BCUT2D eigenvalue weighted by Crippen LogP contribution is 2.33. The molecule has 0 amide bonds. The fraction of sp³-hybridized carbons (Fsp3) is 0.296. The van der Waals surface area contributed by atoms with Crippen LogP contribution in [0.3, 0.4) is 0 Å². The van der Waals surface area contributed by atoms with E-state index in [2.05, 4.69) is 15.8 Å². The lowest BCUT2D eigenvalue weighted by Gasteiger charge is -2.18. The molecular weight excluding hydrogens is 484 g/mol. The van der Waals surface area contributed by atoms with Crippen LogP contribution in [0.25, 0.3) is 11.3 Å². The molecule has 0 saturated heterocycles. The van der Waals surface area contributed by atoms with Crippen LogP contribution < -0.4 is 20.7 Å². The number of halogens is 2. The first-order valence-electron chi connectivity index (χ1n) is 11.7. The van der Waals surface area contributed by atoms with Crippen LogP contribution in [0.2, 0.25) is 0 Å². The zero-order valence-electron chi connectivity index (χ0n) is 20.7. The summed E-state index contributed by atoms with van der Waals surface area (Å²) in [6.07, 6.45) is 9.26. The number of aryl methyl sites for hydroxylation is 1. The van der Waals surface area contributed by atoms with Gasteiger partial charge in [-0.25, -0.2) is 14.3 Å². The number of benzene rings is 1. The number of hydrogen-bond acceptors (Lipinski definition) is 6. The van der Waals surface area contributed by atoms with Gasteiger partial charge in [-0.3, -0.25) is 9.36 Å². The Bertz CT molecular complexity index is 1440. The maximum atomic E-state index is 13.1. The predicted molar refractivity (Wildman–Crippen MR) is 134 cm³/mol. The molecule has 8 nitrogen and oxygen atoms in total. The lowest BCUT2D eigenvalue weighted by atomic mass is 10.0. The van der Waals surface area contributed by atoms with Gasteiger partial charge in [0.25, 0.3) is 11.4 Å². The van der Waals surface area contributed by atoms with Crippen molar-refractivity contribution in [1.29, 1.82) is 0 Å². The van der Waals surface area contributed by atoms with Crippen molar-refractivity contribution in [3.05, 3.63) is 92.3 Å². The van der Waals surface area contributed by atoms with E-state index in [9.17, 15) is 18.4 Å². The number of rotatable bonds is 9. The van der Waals surface area contributed by atoms with Crippen molar-refractivity contribution in [2.75, 3.05) is 6.61 Å². The third kappa shape index (κ3) is 5.86. The minimum atomic E-state index is -3.02. The van der Waals surface area contributed by atoms with Gasteiger partial charge >= 0.3 is 12.3 Å². The lowest BCUT2D eigenvalue weighted by molar-refractivity contribution is -0.0513. The number of pyridine rings is 1. The summed E-state index contributed by atoms with van der Waals surface area (Å²) in [6, 6.07) is 7.76. The second-order valence-electron chi connectivity index (χ2n) is 8.58. The summed E-state index contributed by atoms with van der Waals surface area (Å²) in [7, 11) is 1.60. The molecule has 0 saturated carbocycles. The monoisotopic (exact) mass is 511 g/mol. The Kier molecular flexibility index (Phi) is 7.98. The van der Waals surface area contributed by atoms with E-state index in [1.165, 1.54) is 22.9 Å². The topological polar surface area (TPSA) is 84.6 Å². The van der Waals surface area contributed by atoms with Crippen molar-refractivity contribution < 1.29 is 23.0 Å². The molecule has 0 N–H and O–H groups in total. The van der Waals surface area contributed by atoms with E-state index < -0.39 is 17.9 Å². The van der Waals surface area contributed by atoms with Crippen molar-refractivity contribution >= 4 is 0 Å². The molecular formula is C27H27F2N3O5. The van der Waals surface area contributed by atoms with Gasteiger partial charge in [0, 0.05) is 24.4 Å². The molecule has 4 rings (SSSR count). The molecule has 1 aliphatic carbocycles. The van der Waals surface area contributed by atoms with Crippen molar-refractivity contribution in [2.45, 2.75) is 40.0 Å². The van der Waals surface area contributed by atoms with Crippen molar-refractivity contribution in [1.82, 2.24) is 14.1 Å². The number of alkyl halides is 2. The fourth-order valence-corrected chi connectivity index (χ4v) is 4.17. The summed E-state index contributed by atoms with van der Waals surface area (Å²) in [4.78, 5) is 30.1. The number of allylic oxidation sites excluding steroid dienone is 3. The Morgan fingerprint density at radius 1 is 1.16 bits per heavy atom. The molecule has 194 valence electrons. The highest BCUT2D eigenvalue weighted by atomic mass is 19.3. The standard InChI is InChI=1S/C27H27F2N3O5/c1-17-14-20(36-24-22(37-26(28)29)10-7-13-30-24)11-12-21(17)23-18(2)25(33)32(27(34)31(23)3)16-35-15-19-8-5-4-6-9-19/h4-5,7-8,10-14,26H,6,9,15-16H2,1-3H3. The summed E-state index contributed by atoms with van der Waals surface area (Å²) < 4.78 is 43.7. The van der Waals surface area contributed by atoms with Gasteiger partial charge in [0.15, 0.2) is 5.75 Å². The highest BCUT2D eigenvalue weighted by molar-refractivity contribution is 5.68. The summed E-state index contributed by atoms with van der Waals surface area (Å²) in [5, 5.41) is 0. The maximum Gasteiger partial charge on any atom is 0.387 e. The van der Waals surface area contributed by atoms with E-state index in [0.717, 1.165) is 23.0 Å². The summed E-state index contributed by atoms with van der Waals surface area (Å²) in [5.41, 5.74) is 2.39. The molecule has 0 atom stereocenters. The molecule has 37 heavy (non-hydrogen) atoms. The van der Waals surface area contributed by atoms with Gasteiger partial charge in [0.05, 0.1) is 12.3 Å². The van der Waals surface area contributed by atoms with Gasteiger partial charge in [-0.2, -0.15) is 8.78 Å². The third-order valence-corrected chi connectivity index (χ3v) is 6.00. The zero-order chi connectivity index (χ0) is 26.5. The third-order valence-electron chi connectivity index (χ3n) is 6.00. The molecule has 1 aliphatic rings. The molecule has 2 aromatic heterocycles. The highest BCUT2D eigenvalue weighted by Gasteiger charge is 2.19. The first kappa shape index (κ1) is 26.0. The van der Waals surface area contributed by atoms with E-state index in [1.54, 1.807) is 39.1 Å². The van der Waals surface area contributed by atoms with Crippen LogP contribution in [0.15, 0.2) is 69.9 Å². The van der Waals surface area contributed by atoms with Crippen LogP contribution in [0.5, 0.6) is 17.4 Å². The smallest absolute Gasteiger partial charge is 0.387 e. The lowest BCUT2D eigenvalue weighted by Crippen LogP contribution is -2.41. The van der Waals surface area contributed by atoms with Gasteiger partial charge in [-0.1, -0.05) is 18.2 Å².